The number of nitrogens with one attached hydrogen (secondary N) is 1. The van der Waals surface area contributed by atoms with E-state index in [2.05, 4.69) is 14.9 Å². The summed E-state index contributed by atoms with van der Waals surface area (Å²) < 4.78 is 35.7. The monoisotopic (exact) mass is 439 g/mol. The first-order valence-corrected chi connectivity index (χ1v) is 10.7. The summed E-state index contributed by atoms with van der Waals surface area (Å²) in [5.41, 5.74) is 2.29. The van der Waals surface area contributed by atoms with Gasteiger partial charge in [0.25, 0.3) is 10.0 Å². The topological polar surface area (TPSA) is 107 Å². The van der Waals surface area contributed by atoms with E-state index in [0.29, 0.717) is 22.4 Å². The lowest BCUT2D eigenvalue weighted by molar-refractivity contribution is 0.0729. The lowest BCUT2D eigenvalue weighted by Crippen LogP contribution is -2.19. The fourth-order valence-corrected chi connectivity index (χ4v) is 3.83. The third-order valence-corrected chi connectivity index (χ3v) is 5.67. The first-order chi connectivity index (χ1) is 14.8. The summed E-state index contributed by atoms with van der Waals surface area (Å²) in [6.45, 7) is 3.53. The Hall–Kier alpha value is -3.72. The van der Waals surface area contributed by atoms with Gasteiger partial charge >= 0.3 is 5.97 Å². The van der Waals surface area contributed by atoms with E-state index in [0.717, 1.165) is 5.56 Å². The number of sulfonamides is 1. The minimum absolute atomic E-state index is 0.167. The maximum Gasteiger partial charge on any atom is 0.345 e. The van der Waals surface area contributed by atoms with E-state index in [1.807, 2.05) is 13.0 Å². The van der Waals surface area contributed by atoms with Crippen molar-refractivity contribution in [2.45, 2.75) is 18.7 Å². The molecular formula is C22H21N3O5S. The number of methoxy groups -OCH3 is 1. The van der Waals surface area contributed by atoms with Gasteiger partial charge in [-0.25, -0.2) is 9.63 Å². The van der Waals surface area contributed by atoms with Crippen LogP contribution in [0.15, 0.2) is 70.9 Å². The molecule has 0 atom stereocenters. The highest BCUT2D eigenvalue weighted by molar-refractivity contribution is 7.89. The molecular weight excluding hydrogens is 418 g/mol. The van der Waals surface area contributed by atoms with Crippen molar-refractivity contribution in [1.82, 2.24) is 9.82 Å². The van der Waals surface area contributed by atoms with Gasteiger partial charge in [-0.3, -0.25) is 4.98 Å². The van der Waals surface area contributed by atoms with Crippen LogP contribution in [0.1, 0.15) is 27.0 Å². The Morgan fingerprint density at radius 1 is 1.10 bits per heavy atom. The number of benzene rings is 2. The molecule has 0 aliphatic rings. The Morgan fingerprint density at radius 3 is 2.61 bits per heavy atom. The predicted octanol–water partition coefficient (Wildman–Crippen LogP) is 3.24. The number of esters is 1. The molecule has 0 radical (unpaired) electrons. The van der Waals surface area contributed by atoms with Gasteiger partial charge in [-0.1, -0.05) is 12.1 Å². The van der Waals surface area contributed by atoms with Gasteiger partial charge in [0.15, 0.2) is 11.5 Å². The van der Waals surface area contributed by atoms with Crippen molar-refractivity contribution < 1.29 is 22.7 Å². The van der Waals surface area contributed by atoms with Crippen LogP contribution in [-0.4, -0.2) is 32.7 Å². The van der Waals surface area contributed by atoms with Crippen LogP contribution in [0.2, 0.25) is 0 Å². The van der Waals surface area contributed by atoms with Gasteiger partial charge in [-0.2, -0.15) is 13.5 Å². The molecule has 2 aromatic carbocycles. The van der Waals surface area contributed by atoms with Crippen LogP contribution in [0.4, 0.5) is 0 Å². The SMILES string of the molecule is COc1cc(/C=N/NS(=O)(=O)c2cc(C)ccc2C)ccc1OC(=O)c1cccnc1. The molecule has 3 rings (SSSR count). The Labute approximate surface area is 180 Å². The molecule has 1 aromatic heterocycles. The molecule has 0 fully saturated rings. The standard InChI is InChI=1S/C22H21N3O5S/c1-15-6-7-16(2)21(11-15)31(27,28)25-24-13-17-8-9-19(20(12-17)29-3)30-22(26)18-5-4-10-23-14-18/h4-14,25H,1-3H3/b24-13+. The second kappa shape index (κ2) is 9.40. The van der Waals surface area contributed by atoms with Crippen LogP contribution in [0.25, 0.3) is 0 Å². The molecule has 3 aromatic rings. The number of aromatic nitrogens is 1. The number of nitrogens with zero attached hydrogens (tertiary/aromatic N) is 2. The minimum Gasteiger partial charge on any atom is -0.493 e. The Bertz CT molecular complexity index is 1230. The van der Waals surface area contributed by atoms with Gasteiger partial charge in [0.2, 0.25) is 0 Å². The van der Waals surface area contributed by atoms with Crippen molar-refractivity contribution in [3.63, 3.8) is 0 Å². The predicted molar refractivity (Wildman–Crippen MR) is 116 cm³/mol. The molecule has 9 heteroatoms. The van der Waals surface area contributed by atoms with Crippen LogP contribution in [0.3, 0.4) is 0 Å². The van der Waals surface area contributed by atoms with Crippen molar-refractivity contribution >= 4 is 22.2 Å². The average molecular weight is 439 g/mol. The molecule has 0 amide bonds. The molecule has 0 aliphatic carbocycles. The fourth-order valence-electron chi connectivity index (χ4n) is 2.71. The molecule has 0 spiro atoms. The first kappa shape index (κ1) is 22.0. The number of ether oxygens (including phenoxy) is 2. The van der Waals surface area contributed by atoms with Crippen molar-refractivity contribution in [2.24, 2.45) is 5.10 Å². The molecule has 0 unspecified atom stereocenters. The fraction of sp³-hybridized carbons (Fsp3) is 0.136. The average Bonchev–Trinajstić information content (AvgIpc) is 2.76. The Morgan fingerprint density at radius 2 is 1.90 bits per heavy atom. The summed E-state index contributed by atoms with van der Waals surface area (Å²) in [4.78, 5) is 18.5. The lowest BCUT2D eigenvalue weighted by atomic mass is 10.2. The van der Waals surface area contributed by atoms with E-state index < -0.39 is 16.0 Å². The van der Waals surface area contributed by atoms with Crippen LogP contribution in [0, 0.1) is 13.8 Å². The van der Waals surface area contributed by atoms with Gasteiger partial charge in [0.05, 0.1) is 23.8 Å². The Kier molecular flexibility index (Phi) is 6.66. The first-order valence-electron chi connectivity index (χ1n) is 9.22. The summed E-state index contributed by atoms with van der Waals surface area (Å²) in [7, 11) is -2.38. The Balaban J connectivity index is 1.74. The number of aryl methyl sites for hydroxylation is 2. The third-order valence-electron chi connectivity index (χ3n) is 4.31. The number of carbonyl (C=O) groups is 1. The zero-order chi connectivity index (χ0) is 22.4. The van der Waals surface area contributed by atoms with E-state index >= 15 is 0 Å². The molecule has 1 heterocycles. The number of hydrogen-bond acceptors (Lipinski definition) is 7. The quantitative estimate of drug-likeness (QED) is 0.262. The third kappa shape index (κ3) is 5.46. The van der Waals surface area contributed by atoms with Crippen LogP contribution < -0.4 is 14.3 Å². The number of carbonyl (C=O) groups excluding carboxylic acids is 1. The van der Waals surface area contributed by atoms with Gasteiger partial charge in [-0.15, -0.1) is 0 Å². The van der Waals surface area contributed by atoms with Crippen molar-refractivity contribution in [2.75, 3.05) is 7.11 Å². The summed E-state index contributed by atoms with van der Waals surface area (Å²) in [5, 5.41) is 3.84. The molecule has 0 bridgehead atoms. The normalized spacial score (nSPS) is 11.3. The molecule has 0 saturated heterocycles. The highest BCUT2D eigenvalue weighted by Crippen LogP contribution is 2.28. The summed E-state index contributed by atoms with van der Waals surface area (Å²) in [5.74, 6) is -0.0721. The highest BCUT2D eigenvalue weighted by atomic mass is 32.2. The van der Waals surface area contributed by atoms with Gasteiger partial charge < -0.3 is 9.47 Å². The highest BCUT2D eigenvalue weighted by Gasteiger charge is 2.16. The van der Waals surface area contributed by atoms with E-state index in [1.165, 1.54) is 25.6 Å². The maximum absolute atomic E-state index is 12.5. The molecule has 160 valence electrons. The number of pyridine rings is 1. The van der Waals surface area contributed by atoms with E-state index in [1.54, 1.807) is 49.5 Å². The number of hydrogen-bond donors (Lipinski definition) is 1. The van der Waals surface area contributed by atoms with Crippen LogP contribution in [-0.2, 0) is 10.0 Å². The van der Waals surface area contributed by atoms with E-state index in [9.17, 15) is 13.2 Å². The summed E-state index contributed by atoms with van der Waals surface area (Å²) in [6.07, 6.45) is 4.29. The second-order valence-corrected chi connectivity index (χ2v) is 8.29. The molecule has 1 N–H and O–H groups in total. The van der Waals surface area contributed by atoms with Crippen molar-refractivity contribution in [1.29, 1.82) is 0 Å². The lowest BCUT2D eigenvalue weighted by Gasteiger charge is -2.10. The molecule has 0 aliphatic heterocycles. The van der Waals surface area contributed by atoms with E-state index in [4.69, 9.17) is 9.47 Å². The van der Waals surface area contributed by atoms with Crippen molar-refractivity contribution in [3.05, 3.63) is 83.2 Å². The smallest absolute Gasteiger partial charge is 0.345 e. The summed E-state index contributed by atoms with van der Waals surface area (Å²) in [6, 6.07) is 13.1. The van der Waals surface area contributed by atoms with E-state index in [-0.39, 0.29) is 10.6 Å². The summed E-state index contributed by atoms with van der Waals surface area (Å²) >= 11 is 0. The van der Waals surface area contributed by atoms with Crippen LogP contribution >= 0.6 is 0 Å². The minimum atomic E-state index is -3.81. The largest absolute Gasteiger partial charge is 0.493 e. The van der Waals surface area contributed by atoms with Gasteiger partial charge in [-0.05, 0) is 66.9 Å². The molecule has 8 nitrogen and oxygen atoms in total. The van der Waals surface area contributed by atoms with Crippen molar-refractivity contribution in [3.8, 4) is 11.5 Å². The molecule has 31 heavy (non-hydrogen) atoms. The molecule has 0 saturated carbocycles. The van der Waals surface area contributed by atoms with Gasteiger partial charge in [0.1, 0.15) is 0 Å². The zero-order valence-corrected chi connectivity index (χ0v) is 18.0. The second-order valence-electron chi connectivity index (χ2n) is 6.66. The number of hydrazone groups is 1. The zero-order valence-electron chi connectivity index (χ0n) is 17.2. The maximum atomic E-state index is 12.5. The number of rotatable bonds is 7. The van der Waals surface area contributed by atoms with Crippen LogP contribution in [0.5, 0.6) is 11.5 Å². The van der Waals surface area contributed by atoms with Gasteiger partial charge in [0, 0.05) is 12.4 Å².